The van der Waals surface area contributed by atoms with E-state index in [-0.39, 0.29) is 0 Å². The topological polar surface area (TPSA) is 4.93 Å². The summed E-state index contributed by atoms with van der Waals surface area (Å²) < 4.78 is 3.48. The Balaban J connectivity index is 2.40. The molecule has 4 heteroatoms. The summed E-state index contributed by atoms with van der Waals surface area (Å²) in [5, 5.41) is 0. The zero-order valence-electron chi connectivity index (χ0n) is 11.2. The summed E-state index contributed by atoms with van der Waals surface area (Å²) in [4.78, 5) is 1.57. The van der Waals surface area contributed by atoms with Crippen molar-refractivity contribution in [3.63, 3.8) is 0 Å². The van der Waals surface area contributed by atoms with Crippen molar-refractivity contribution < 1.29 is 0 Å². The summed E-state index contributed by atoms with van der Waals surface area (Å²) in [6.07, 6.45) is 7.96. The van der Waals surface area contributed by atoms with Crippen LogP contribution in [0.4, 0.5) is 0 Å². The molecule has 0 aromatic carbocycles. The summed E-state index contributed by atoms with van der Waals surface area (Å²) >= 11 is 7.40. The monoisotopic (exact) mass is 267 g/mol. The van der Waals surface area contributed by atoms with Crippen molar-refractivity contribution in [2.75, 3.05) is 0 Å². The fourth-order valence-corrected chi connectivity index (χ4v) is 4.72. The molecule has 1 atom stereocenters. The average Bonchev–Trinajstić information content (AvgIpc) is 2.56. The highest BCUT2D eigenvalue weighted by atomic mass is 32.1. The Morgan fingerprint density at radius 1 is 1.35 bits per heavy atom. The Hall–Kier alpha value is -0.0851. The second kappa shape index (κ2) is 5.70. The maximum atomic E-state index is 5.54. The van der Waals surface area contributed by atoms with Crippen LogP contribution in [-0.2, 0) is 12.8 Å². The Bertz CT molecular complexity index is 433. The number of aromatic nitrogens is 1. The molecule has 0 spiro atoms. The number of hydrogen-bond donors (Lipinski definition) is 0. The van der Waals surface area contributed by atoms with Gasteiger partial charge in [-0.25, -0.2) is 0 Å². The van der Waals surface area contributed by atoms with Crippen LogP contribution in [0.3, 0.4) is 0 Å². The fraction of sp³-hybridized carbons (Fsp3) is 0.769. The van der Waals surface area contributed by atoms with Crippen LogP contribution in [0.15, 0.2) is 0 Å². The van der Waals surface area contributed by atoms with Gasteiger partial charge < -0.3 is 4.57 Å². The van der Waals surface area contributed by atoms with Crippen LogP contribution in [0.2, 0.25) is 5.82 Å². The molecule has 0 bridgehead atoms. The van der Waals surface area contributed by atoms with Gasteiger partial charge in [-0.2, -0.15) is 0 Å². The largest absolute Gasteiger partial charge is 0.324 e. The minimum atomic E-state index is 0.513. The van der Waals surface area contributed by atoms with E-state index in [2.05, 4.69) is 26.3 Å². The summed E-state index contributed by atoms with van der Waals surface area (Å²) in [5.41, 5.74) is 1.55. The number of hydrogen-bond acceptors (Lipinski definition) is 2. The lowest BCUT2D eigenvalue weighted by atomic mass is 9.80. The number of thiazole rings is 1. The molecular formula is C13H22BNS2. The minimum Gasteiger partial charge on any atom is -0.324 e. The van der Waals surface area contributed by atoms with Gasteiger partial charge in [0.25, 0.3) is 0 Å². The van der Waals surface area contributed by atoms with Gasteiger partial charge in [-0.05, 0) is 45.3 Å². The van der Waals surface area contributed by atoms with Crippen molar-refractivity contribution in [3.05, 3.63) is 14.5 Å². The first-order chi connectivity index (χ1) is 8.09. The molecule has 0 N–H and O–H groups in total. The Labute approximate surface area is 115 Å². The Morgan fingerprint density at radius 2 is 2.12 bits per heavy atom. The highest BCUT2D eigenvalue weighted by molar-refractivity contribution is 7.73. The normalized spacial score (nSPS) is 21.7. The lowest BCUT2D eigenvalue weighted by Gasteiger charge is -2.14. The lowest BCUT2D eigenvalue weighted by Crippen LogP contribution is -2.07. The zero-order chi connectivity index (χ0) is 12.4. The number of fused-ring (bicyclic) bond motifs is 1. The fourth-order valence-electron chi connectivity index (χ4n) is 2.78. The van der Waals surface area contributed by atoms with Crippen molar-refractivity contribution >= 4 is 31.4 Å². The van der Waals surface area contributed by atoms with Crippen LogP contribution < -0.4 is 0 Å². The molecule has 0 saturated carbocycles. The highest BCUT2D eigenvalue weighted by Crippen LogP contribution is 2.31. The first-order valence-corrected chi connectivity index (χ1v) is 8.05. The van der Waals surface area contributed by atoms with Gasteiger partial charge in [0.2, 0.25) is 0 Å². The van der Waals surface area contributed by atoms with Gasteiger partial charge in [-0.15, -0.1) is 11.3 Å². The standard InChI is InChI=1S/C13H22BNS2/c1-9(2)15-11-7-5-3-4-6-10(14)8-12(11)17-13(15)16/h9-10H,3-8,14H2,1-2H3. The van der Waals surface area contributed by atoms with Gasteiger partial charge in [-0.1, -0.05) is 25.1 Å². The summed E-state index contributed by atoms with van der Waals surface area (Å²) in [7, 11) is 2.39. The molecule has 0 saturated heterocycles. The number of nitrogens with zero attached hydrogens (tertiary/aromatic N) is 1. The van der Waals surface area contributed by atoms with E-state index >= 15 is 0 Å². The van der Waals surface area contributed by atoms with E-state index in [1.54, 1.807) is 10.6 Å². The SMILES string of the molecule is BC1CCCCCc2c(sc(=S)n2C(C)C)C1. The molecule has 1 aliphatic rings. The molecule has 1 aliphatic carbocycles. The van der Waals surface area contributed by atoms with E-state index in [1.807, 2.05) is 11.3 Å². The van der Waals surface area contributed by atoms with Crippen LogP contribution in [0.1, 0.15) is 56.1 Å². The van der Waals surface area contributed by atoms with E-state index in [1.165, 1.54) is 38.5 Å². The van der Waals surface area contributed by atoms with E-state index in [0.29, 0.717) is 6.04 Å². The highest BCUT2D eigenvalue weighted by Gasteiger charge is 2.18. The third-order valence-corrected chi connectivity index (χ3v) is 5.15. The first kappa shape index (κ1) is 13.3. The molecule has 1 aromatic heterocycles. The predicted octanol–water partition coefficient (Wildman–Crippen LogP) is 3.94. The predicted molar refractivity (Wildman–Crippen MR) is 81.7 cm³/mol. The van der Waals surface area contributed by atoms with Crippen molar-refractivity contribution in [1.82, 2.24) is 4.57 Å². The molecule has 2 rings (SSSR count). The molecular weight excluding hydrogens is 245 g/mol. The van der Waals surface area contributed by atoms with Crippen molar-refractivity contribution in [1.29, 1.82) is 0 Å². The van der Waals surface area contributed by atoms with Crippen LogP contribution in [-0.4, -0.2) is 12.4 Å². The molecule has 0 fully saturated rings. The van der Waals surface area contributed by atoms with Gasteiger partial charge in [0.05, 0.1) is 0 Å². The van der Waals surface area contributed by atoms with Gasteiger partial charge in [-0.3, -0.25) is 0 Å². The van der Waals surface area contributed by atoms with Gasteiger partial charge >= 0.3 is 0 Å². The van der Waals surface area contributed by atoms with E-state index < -0.39 is 0 Å². The second-order valence-corrected chi connectivity index (χ2v) is 7.34. The van der Waals surface area contributed by atoms with E-state index in [0.717, 1.165) is 9.77 Å². The molecule has 1 aromatic rings. The Morgan fingerprint density at radius 3 is 2.82 bits per heavy atom. The van der Waals surface area contributed by atoms with Gasteiger partial charge in [0.1, 0.15) is 7.85 Å². The molecule has 0 aliphatic heterocycles. The van der Waals surface area contributed by atoms with Gasteiger partial charge in [0.15, 0.2) is 3.95 Å². The second-order valence-electron chi connectivity index (χ2n) is 5.61. The van der Waals surface area contributed by atoms with Crippen LogP contribution in [0.5, 0.6) is 0 Å². The molecule has 0 amide bonds. The van der Waals surface area contributed by atoms with Crippen molar-refractivity contribution in [2.45, 2.75) is 64.2 Å². The molecule has 17 heavy (non-hydrogen) atoms. The molecule has 0 radical (unpaired) electrons. The first-order valence-electron chi connectivity index (χ1n) is 6.82. The molecule has 94 valence electrons. The van der Waals surface area contributed by atoms with Crippen LogP contribution >= 0.6 is 23.6 Å². The zero-order valence-corrected chi connectivity index (χ0v) is 12.8. The van der Waals surface area contributed by atoms with Gasteiger partial charge in [0, 0.05) is 16.6 Å². The Kier molecular flexibility index (Phi) is 4.48. The third kappa shape index (κ3) is 3.03. The van der Waals surface area contributed by atoms with Crippen LogP contribution in [0, 0.1) is 3.95 Å². The molecule has 1 nitrogen and oxygen atoms in total. The lowest BCUT2D eigenvalue weighted by molar-refractivity contribution is 0.557. The van der Waals surface area contributed by atoms with Crippen LogP contribution in [0.25, 0.3) is 0 Å². The van der Waals surface area contributed by atoms with E-state index in [9.17, 15) is 0 Å². The summed E-state index contributed by atoms with van der Waals surface area (Å²) in [6, 6.07) is 0.513. The quantitative estimate of drug-likeness (QED) is 0.551. The average molecular weight is 267 g/mol. The molecule has 1 unspecified atom stereocenters. The molecule has 1 heterocycles. The maximum Gasteiger partial charge on any atom is 0.161 e. The maximum absolute atomic E-state index is 5.54. The van der Waals surface area contributed by atoms with Crippen molar-refractivity contribution in [2.24, 2.45) is 0 Å². The minimum absolute atomic E-state index is 0.513. The van der Waals surface area contributed by atoms with E-state index in [4.69, 9.17) is 12.2 Å². The summed E-state index contributed by atoms with van der Waals surface area (Å²) in [5.74, 6) is 0.820. The smallest absolute Gasteiger partial charge is 0.161 e. The summed E-state index contributed by atoms with van der Waals surface area (Å²) in [6.45, 7) is 4.50. The third-order valence-electron chi connectivity index (χ3n) is 3.68. The number of rotatable bonds is 1. The van der Waals surface area contributed by atoms with Crippen molar-refractivity contribution in [3.8, 4) is 0 Å².